The second-order valence-corrected chi connectivity index (χ2v) is 8.44. The first-order valence-corrected chi connectivity index (χ1v) is 10.2. The van der Waals surface area contributed by atoms with Crippen molar-refractivity contribution in [2.24, 2.45) is 0 Å². The van der Waals surface area contributed by atoms with Gasteiger partial charge in [0.25, 0.3) is 0 Å². The monoisotopic (exact) mass is 391 g/mol. The number of carbonyl (C=O) groups is 1. The van der Waals surface area contributed by atoms with Gasteiger partial charge in [0.05, 0.1) is 4.90 Å². The van der Waals surface area contributed by atoms with Gasteiger partial charge in [-0.1, -0.05) is 0 Å². The van der Waals surface area contributed by atoms with Gasteiger partial charge in [-0.3, -0.25) is 4.79 Å². The molecule has 1 fully saturated rings. The number of sulfonamides is 1. The number of nitrogens with zero attached hydrogens (tertiary/aromatic N) is 1. The third-order valence-corrected chi connectivity index (χ3v) is 6.36. The molecule has 0 aromatic heterocycles. The number of benzene rings is 2. The van der Waals surface area contributed by atoms with Gasteiger partial charge in [-0.05, 0) is 68.3 Å². The van der Waals surface area contributed by atoms with Crippen molar-refractivity contribution in [1.82, 2.24) is 4.31 Å². The molecule has 27 heavy (non-hydrogen) atoms. The van der Waals surface area contributed by atoms with Gasteiger partial charge in [0, 0.05) is 24.5 Å². The molecule has 0 saturated carbocycles. The lowest BCUT2D eigenvalue weighted by atomic mass is 10.2. The van der Waals surface area contributed by atoms with Crippen molar-refractivity contribution >= 4 is 27.3 Å². The van der Waals surface area contributed by atoms with Crippen LogP contribution in [0.15, 0.2) is 53.4 Å². The molecule has 2 aromatic carbocycles. The largest absolute Gasteiger partial charge is 0.374 e. The molecule has 0 radical (unpaired) electrons. The van der Waals surface area contributed by atoms with Gasteiger partial charge in [-0.2, -0.15) is 4.31 Å². The molecule has 1 heterocycles. The number of halogens is 1. The maximum Gasteiger partial charge on any atom is 0.246 e. The summed E-state index contributed by atoms with van der Waals surface area (Å²) in [5, 5.41) is 5.72. The van der Waals surface area contributed by atoms with E-state index in [2.05, 4.69) is 10.6 Å². The predicted octanol–water partition coefficient (Wildman–Crippen LogP) is 3.05. The van der Waals surface area contributed by atoms with Gasteiger partial charge in [0.2, 0.25) is 15.9 Å². The number of carbonyl (C=O) groups excluding carboxylic acids is 1. The van der Waals surface area contributed by atoms with Gasteiger partial charge in [0.1, 0.15) is 11.9 Å². The first-order chi connectivity index (χ1) is 12.9. The van der Waals surface area contributed by atoms with Crippen molar-refractivity contribution in [2.75, 3.05) is 23.7 Å². The van der Waals surface area contributed by atoms with Crippen molar-refractivity contribution in [3.8, 4) is 0 Å². The minimum atomic E-state index is -3.47. The van der Waals surface area contributed by atoms with E-state index in [4.69, 9.17) is 0 Å². The number of amides is 1. The maximum atomic E-state index is 12.9. The highest BCUT2D eigenvalue weighted by atomic mass is 32.2. The van der Waals surface area contributed by atoms with Crippen LogP contribution in [0.3, 0.4) is 0 Å². The van der Waals surface area contributed by atoms with E-state index in [0.717, 1.165) is 12.8 Å². The highest BCUT2D eigenvalue weighted by Gasteiger charge is 2.27. The Hall–Kier alpha value is -2.45. The number of hydrogen-bond donors (Lipinski definition) is 2. The number of nitrogens with one attached hydrogen (secondary N) is 2. The fraction of sp³-hybridized carbons (Fsp3) is 0.316. The topological polar surface area (TPSA) is 78.5 Å². The van der Waals surface area contributed by atoms with Crippen molar-refractivity contribution in [3.05, 3.63) is 54.3 Å². The first kappa shape index (κ1) is 19.3. The Balaban J connectivity index is 1.61. The Morgan fingerprint density at radius 3 is 2.15 bits per heavy atom. The molecule has 1 amide bonds. The van der Waals surface area contributed by atoms with Crippen LogP contribution in [0.5, 0.6) is 0 Å². The molecule has 144 valence electrons. The fourth-order valence-electron chi connectivity index (χ4n) is 2.90. The minimum Gasteiger partial charge on any atom is -0.374 e. The van der Waals surface area contributed by atoms with E-state index in [1.165, 1.54) is 28.6 Å². The molecule has 0 aliphatic carbocycles. The summed E-state index contributed by atoms with van der Waals surface area (Å²) in [5.74, 6) is -0.629. The number of anilines is 2. The zero-order valence-corrected chi connectivity index (χ0v) is 15.8. The first-order valence-electron chi connectivity index (χ1n) is 8.79. The van der Waals surface area contributed by atoms with E-state index in [1.54, 1.807) is 31.2 Å². The van der Waals surface area contributed by atoms with Crippen molar-refractivity contribution in [3.63, 3.8) is 0 Å². The zero-order chi connectivity index (χ0) is 19.4. The quantitative estimate of drug-likeness (QED) is 0.793. The molecule has 1 aliphatic heterocycles. The molecule has 1 atom stereocenters. The van der Waals surface area contributed by atoms with E-state index in [1.807, 2.05) is 0 Å². The molecule has 3 rings (SSSR count). The van der Waals surface area contributed by atoms with Gasteiger partial charge in [-0.25, -0.2) is 12.8 Å². The molecule has 8 heteroatoms. The highest BCUT2D eigenvalue weighted by Crippen LogP contribution is 2.22. The standard InChI is InChI=1S/C19H22FN3O3S/c1-14(21-16-6-4-15(20)5-7-16)19(24)22-17-8-10-18(11-9-17)27(25,26)23-12-2-3-13-23/h4-11,14,21H,2-3,12-13H2,1H3,(H,22,24)/t14-/m1/s1. The molecule has 0 unspecified atom stereocenters. The predicted molar refractivity (Wildman–Crippen MR) is 103 cm³/mol. The average Bonchev–Trinajstić information content (AvgIpc) is 3.19. The molecule has 1 saturated heterocycles. The zero-order valence-electron chi connectivity index (χ0n) is 15.0. The van der Waals surface area contributed by atoms with E-state index in [9.17, 15) is 17.6 Å². The Bertz CT molecular complexity index is 893. The molecular formula is C19H22FN3O3S. The Morgan fingerprint density at radius 1 is 1.00 bits per heavy atom. The fourth-order valence-corrected chi connectivity index (χ4v) is 4.42. The summed E-state index contributed by atoms with van der Waals surface area (Å²) in [4.78, 5) is 12.5. The summed E-state index contributed by atoms with van der Waals surface area (Å²) < 4.78 is 39.4. The number of rotatable bonds is 6. The van der Waals surface area contributed by atoms with Crippen LogP contribution < -0.4 is 10.6 Å². The van der Waals surface area contributed by atoms with Crippen LogP contribution in [0.2, 0.25) is 0 Å². The van der Waals surface area contributed by atoms with E-state index in [-0.39, 0.29) is 16.6 Å². The highest BCUT2D eigenvalue weighted by molar-refractivity contribution is 7.89. The normalized spacial score (nSPS) is 16.1. The second kappa shape index (κ2) is 8.06. The smallest absolute Gasteiger partial charge is 0.246 e. The van der Waals surface area contributed by atoms with Crippen LogP contribution in [-0.2, 0) is 14.8 Å². The van der Waals surface area contributed by atoms with Gasteiger partial charge in [0.15, 0.2) is 0 Å². The molecule has 2 aromatic rings. The molecular weight excluding hydrogens is 369 g/mol. The van der Waals surface area contributed by atoms with Crippen LogP contribution in [-0.4, -0.2) is 37.8 Å². The van der Waals surface area contributed by atoms with Crippen LogP contribution >= 0.6 is 0 Å². The van der Waals surface area contributed by atoms with E-state index in [0.29, 0.717) is 24.5 Å². The Morgan fingerprint density at radius 2 is 1.56 bits per heavy atom. The van der Waals surface area contributed by atoms with Crippen molar-refractivity contribution in [2.45, 2.75) is 30.7 Å². The third-order valence-electron chi connectivity index (χ3n) is 4.45. The molecule has 6 nitrogen and oxygen atoms in total. The van der Waals surface area contributed by atoms with Gasteiger partial charge >= 0.3 is 0 Å². The van der Waals surface area contributed by atoms with Crippen LogP contribution in [0.1, 0.15) is 19.8 Å². The van der Waals surface area contributed by atoms with Crippen molar-refractivity contribution < 1.29 is 17.6 Å². The van der Waals surface area contributed by atoms with Crippen molar-refractivity contribution in [1.29, 1.82) is 0 Å². The second-order valence-electron chi connectivity index (χ2n) is 6.50. The average molecular weight is 391 g/mol. The maximum absolute atomic E-state index is 12.9. The lowest BCUT2D eigenvalue weighted by Gasteiger charge is -2.17. The Kier molecular flexibility index (Phi) is 5.76. The summed E-state index contributed by atoms with van der Waals surface area (Å²) in [6.45, 7) is 2.78. The van der Waals surface area contributed by atoms with Gasteiger partial charge in [-0.15, -0.1) is 0 Å². The Labute approximate surface area is 158 Å². The minimum absolute atomic E-state index is 0.222. The molecule has 2 N–H and O–H groups in total. The summed E-state index contributed by atoms with van der Waals surface area (Å²) in [5.41, 5.74) is 1.14. The van der Waals surface area contributed by atoms with Crippen LogP contribution in [0.4, 0.5) is 15.8 Å². The summed E-state index contributed by atoms with van der Waals surface area (Å²) in [7, 11) is -3.47. The lowest BCUT2D eigenvalue weighted by Crippen LogP contribution is -2.32. The molecule has 0 bridgehead atoms. The van der Waals surface area contributed by atoms with Crippen LogP contribution in [0.25, 0.3) is 0 Å². The van der Waals surface area contributed by atoms with Gasteiger partial charge < -0.3 is 10.6 Å². The SMILES string of the molecule is C[C@@H](Nc1ccc(F)cc1)C(=O)Nc1ccc(S(=O)(=O)N2CCCC2)cc1. The van der Waals surface area contributed by atoms with Crippen LogP contribution in [0, 0.1) is 5.82 Å². The molecule has 0 spiro atoms. The van der Waals surface area contributed by atoms with E-state index >= 15 is 0 Å². The molecule has 1 aliphatic rings. The lowest BCUT2D eigenvalue weighted by molar-refractivity contribution is -0.116. The summed E-state index contributed by atoms with van der Waals surface area (Å²) in [6, 6.07) is 11.3. The van der Waals surface area contributed by atoms with E-state index < -0.39 is 16.1 Å². The third kappa shape index (κ3) is 4.64. The summed E-state index contributed by atoms with van der Waals surface area (Å²) >= 11 is 0. The number of hydrogen-bond acceptors (Lipinski definition) is 4. The summed E-state index contributed by atoms with van der Waals surface area (Å²) in [6.07, 6.45) is 1.76.